The van der Waals surface area contributed by atoms with Crippen LogP contribution in [0.3, 0.4) is 0 Å². The number of likely N-dealkylation sites (tertiary alicyclic amines) is 1. The Morgan fingerprint density at radius 2 is 2.00 bits per heavy atom. The summed E-state index contributed by atoms with van der Waals surface area (Å²) in [5.74, 6) is 0.0960. The van der Waals surface area contributed by atoms with E-state index in [4.69, 9.17) is 5.73 Å². The molecule has 3 heterocycles. The first-order valence-electron chi connectivity index (χ1n) is 8.34. The summed E-state index contributed by atoms with van der Waals surface area (Å²) in [4.78, 5) is 43.6. The molecule has 2 unspecified atom stereocenters. The first kappa shape index (κ1) is 17.3. The molecule has 2 N–H and O–H groups in total. The number of aryl methyl sites for hydroxylation is 2. The molecule has 1 fully saturated rings. The number of carbonyl (C=O) groups excluding carboxylic acids is 1. The summed E-state index contributed by atoms with van der Waals surface area (Å²) < 4.78 is 2.35. The van der Waals surface area contributed by atoms with E-state index in [1.165, 1.54) is 11.6 Å². The lowest BCUT2D eigenvalue weighted by Gasteiger charge is -2.21. The number of amides is 1. The molecule has 0 aliphatic carbocycles. The summed E-state index contributed by atoms with van der Waals surface area (Å²) in [6.07, 6.45) is 0.869. The topological polar surface area (TPSA) is 103 Å². The van der Waals surface area contributed by atoms with Crippen LogP contribution in [-0.2, 0) is 14.1 Å². The van der Waals surface area contributed by atoms with Gasteiger partial charge in [-0.05, 0) is 44.4 Å². The molecule has 2 atom stereocenters. The molecule has 0 radical (unpaired) electrons. The fourth-order valence-corrected chi connectivity index (χ4v) is 3.59. The SMILES string of the molecule is Cc1cc(C(=O)N2CC(CN)CC2C)nc2c1c(=O)n(C)c(=O)n2C. The second kappa shape index (κ2) is 6.11. The van der Waals surface area contributed by atoms with Crippen LogP contribution in [0.1, 0.15) is 29.4 Å². The molecule has 2 aromatic heterocycles. The number of pyridine rings is 1. The summed E-state index contributed by atoms with van der Waals surface area (Å²) >= 11 is 0. The van der Waals surface area contributed by atoms with E-state index in [0.717, 1.165) is 11.0 Å². The number of hydrogen-bond acceptors (Lipinski definition) is 5. The van der Waals surface area contributed by atoms with Gasteiger partial charge >= 0.3 is 5.69 Å². The monoisotopic (exact) mass is 345 g/mol. The first-order chi connectivity index (χ1) is 11.8. The quantitative estimate of drug-likeness (QED) is 0.808. The number of rotatable bonds is 2. The van der Waals surface area contributed by atoms with Gasteiger partial charge in [0.1, 0.15) is 11.3 Å². The third-order valence-electron chi connectivity index (χ3n) is 5.08. The average Bonchev–Trinajstić information content (AvgIpc) is 2.97. The Bertz CT molecular complexity index is 975. The normalized spacial score (nSPS) is 20.4. The molecule has 1 aliphatic rings. The predicted octanol–water partition coefficient (Wildman–Crippen LogP) is -0.250. The number of nitrogens with zero attached hydrogens (tertiary/aromatic N) is 4. The molecule has 0 spiro atoms. The lowest BCUT2D eigenvalue weighted by atomic mass is 10.1. The molecular weight excluding hydrogens is 322 g/mol. The highest BCUT2D eigenvalue weighted by molar-refractivity contribution is 5.95. The highest BCUT2D eigenvalue weighted by Crippen LogP contribution is 2.24. The van der Waals surface area contributed by atoms with Gasteiger partial charge in [-0.3, -0.25) is 18.7 Å². The Kier molecular flexibility index (Phi) is 4.24. The van der Waals surface area contributed by atoms with E-state index in [1.54, 1.807) is 24.9 Å². The molecule has 1 amide bonds. The molecule has 25 heavy (non-hydrogen) atoms. The lowest BCUT2D eigenvalue weighted by Crippen LogP contribution is -2.38. The van der Waals surface area contributed by atoms with Crippen LogP contribution in [0.2, 0.25) is 0 Å². The van der Waals surface area contributed by atoms with Gasteiger partial charge in [0.2, 0.25) is 0 Å². The lowest BCUT2D eigenvalue weighted by molar-refractivity contribution is 0.0737. The smallest absolute Gasteiger partial charge is 0.332 e. The third kappa shape index (κ3) is 2.66. The maximum Gasteiger partial charge on any atom is 0.332 e. The third-order valence-corrected chi connectivity index (χ3v) is 5.08. The molecule has 1 aliphatic heterocycles. The summed E-state index contributed by atoms with van der Waals surface area (Å²) in [5, 5.41) is 0.357. The van der Waals surface area contributed by atoms with Crippen molar-refractivity contribution in [3.05, 3.63) is 38.2 Å². The number of fused-ring (bicyclic) bond motifs is 1. The van der Waals surface area contributed by atoms with E-state index >= 15 is 0 Å². The van der Waals surface area contributed by atoms with E-state index in [1.807, 2.05) is 6.92 Å². The van der Waals surface area contributed by atoms with E-state index in [9.17, 15) is 14.4 Å². The van der Waals surface area contributed by atoms with E-state index in [0.29, 0.717) is 24.0 Å². The number of aromatic nitrogens is 3. The fraction of sp³-hybridized carbons (Fsp3) is 0.529. The molecule has 1 saturated heterocycles. The van der Waals surface area contributed by atoms with Crippen LogP contribution in [-0.4, -0.2) is 44.1 Å². The average molecular weight is 345 g/mol. The van der Waals surface area contributed by atoms with Crippen molar-refractivity contribution in [1.82, 2.24) is 19.0 Å². The number of hydrogen-bond donors (Lipinski definition) is 1. The molecule has 3 rings (SSSR count). The van der Waals surface area contributed by atoms with Crippen LogP contribution < -0.4 is 17.0 Å². The first-order valence-corrected chi connectivity index (χ1v) is 8.34. The van der Waals surface area contributed by atoms with Crippen molar-refractivity contribution in [2.75, 3.05) is 13.1 Å². The zero-order chi connectivity index (χ0) is 18.5. The Hall–Kier alpha value is -2.48. The second-order valence-corrected chi connectivity index (χ2v) is 6.87. The Labute approximate surface area is 144 Å². The van der Waals surface area contributed by atoms with Gasteiger partial charge in [-0.1, -0.05) is 0 Å². The minimum Gasteiger partial charge on any atom is -0.334 e. The highest BCUT2D eigenvalue weighted by Gasteiger charge is 2.33. The van der Waals surface area contributed by atoms with Gasteiger partial charge in [0.15, 0.2) is 0 Å². The molecule has 8 nitrogen and oxygen atoms in total. The van der Waals surface area contributed by atoms with Crippen molar-refractivity contribution in [2.24, 2.45) is 25.7 Å². The van der Waals surface area contributed by atoms with E-state index in [2.05, 4.69) is 4.98 Å². The van der Waals surface area contributed by atoms with Crippen molar-refractivity contribution < 1.29 is 4.79 Å². The molecule has 0 aromatic carbocycles. The van der Waals surface area contributed by atoms with Crippen molar-refractivity contribution in [2.45, 2.75) is 26.3 Å². The van der Waals surface area contributed by atoms with Crippen molar-refractivity contribution in [3.63, 3.8) is 0 Å². The number of nitrogens with two attached hydrogens (primary N) is 1. The number of carbonyl (C=O) groups is 1. The van der Waals surface area contributed by atoms with Crippen LogP contribution >= 0.6 is 0 Å². The molecule has 8 heteroatoms. The maximum absolute atomic E-state index is 12.9. The van der Waals surface area contributed by atoms with Gasteiger partial charge in [-0.2, -0.15) is 0 Å². The van der Waals surface area contributed by atoms with Crippen molar-refractivity contribution >= 4 is 16.9 Å². The molecular formula is C17H23N5O3. The summed E-state index contributed by atoms with van der Waals surface area (Å²) in [5.41, 5.74) is 5.98. The van der Waals surface area contributed by atoms with Gasteiger partial charge in [0, 0.05) is 26.7 Å². The Morgan fingerprint density at radius 3 is 2.60 bits per heavy atom. The van der Waals surface area contributed by atoms with E-state index in [-0.39, 0.29) is 29.2 Å². The van der Waals surface area contributed by atoms with Crippen LogP contribution in [0.25, 0.3) is 11.0 Å². The minimum atomic E-state index is -0.466. The molecule has 0 bridgehead atoms. The Balaban J connectivity index is 2.15. The van der Waals surface area contributed by atoms with Crippen LogP contribution in [0.4, 0.5) is 0 Å². The Morgan fingerprint density at radius 1 is 1.32 bits per heavy atom. The summed E-state index contributed by atoms with van der Waals surface area (Å²) in [7, 11) is 2.98. The van der Waals surface area contributed by atoms with Gasteiger partial charge in [-0.25, -0.2) is 9.78 Å². The molecule has 2 aromatic rings. The fourth-order valence-electron chi connectivity index (χ4n) is 3.59. The second-order valence-electron chi connectivity index (χ2n) is 6.87. The highest BCUT2D eigenvalue weighted by atomic mass is 16.2. The minimum absolute atomic E-state index is 0.0892. The van der Waals surface area contributed by atoms with E-state index < -0.39 is 11.2 Å². The van der Waals surface area contributed by atoms with Crippen LogP contribution in [0.5, 0.6) is 0 Å². The van der Waals surface area contributed by atoms with Crippen LogP contribution in [0, 0.1) is 12.8 Å². The predicted molar refractivity (Wildman–Crippen MR) is 94.6 cm³/mol. The standard InChI is InChI=1S/C17H23N5O3/c1-9-5-12(15(23)22-8-11(7-18)6-10(22)2)19-14-13(9)16(24)21(4)17(25)20(14)3/h5,10-11H,6-8,18H2,1-4H3. The van der Waals surface area contributed by atoms with Crippen LogP contribution in [0.15, 0.2) is 15.7 Å². The van der Waals surface area contributed by atoms with Gasteiger partial charge in [-0.15, -0.1) is 0 Å². The summed E-state index contributed by atoms with van der Waals surface area (Å²) in [6, 6.07) is 1.71. The molecule has 0 saturated carbocycles. The maximum atomic E-state index is 12.9. The van der Waals surface area contributed by atoms with Crippen molar-refractivity contribution in [3.8, 4) is 0 Å². The summed E-state index contributed by atoms with van der Waals surface area (Å²) in [6.45, 7) is 4.89. The van der Waals surface area contributed by atoms with Gasteiger partial charge < -0.3 is 10.6 Å². The largest absolute Gasteiger partial charge is 0.334 e. The van der Waals surface area contributed by atoms with Gasteiger partial charge in [0.25, 0.3) is 11.5 Å². The zero-order valence-electron chi connectivity index (χ0n) is 14.9. The van der Waals surface area contributed by atoms with Crippen molar-refractivity contribution in [1.29, 1.82) is 0 Å². The van der Waals surface area contributed by atoms with Gasteiger partial charge in [0.05, 0.1) is 5.39 Å². The zero-order valence-corrected chi connectivity index (χ0v) is 14.9. The molecule has 134 valence electrons.